The Bertz CT molecular complexity index is 759. The summed E-state index contributed by atoms with van der Waals surface area (Å²) in [6.45, 7) is 4.67. The van der Waals surface area contributed by atoms with Crippen molar-refractivity contribution in [3.63, 3.8) is 0 Å². The molecule has 1 aromatic heterocycles. The molecule has 0 N–H and O–H groups in total. The molecule has 0 spiro atoms. The fraction of sp³-hybridized carbons (Fsp3) is 0.633. The molecule has 0 radical (unpaired) electrons. The van der Waals surface area contributed by atoms with E-state index in [0.717, 1.165) is 29.4 Å². The van der Waals surface area contributed by atoms with Crippen molar-refractivity contribution in [3.05, 3.63) is 53.7 Å². The number of pyridine rings is 1. The molecule has 31 heavy (non-hydrogen) atoms. The molecule has 1 heterocycles. The molecule has 4 rings (SSSR count). The van der Waals surface area contributed by atoms with Gasteiger partial charge in [0.05, 0.1) is 5.69 Å². The highest BCUT2D eigenvalue weighted by Gasteiger charge is 2.22. The van der Waals surface area contributed by atoms with Crippen LogP contribution in [0.5, 0.6) is 0 Å². The lowest BCUT2D eigenvalue weighted by molar-refractivity contribution is 0.252. The quantitative estimate of drug-likeness (QED) is 0.417. The van der Waals surface area contributed by atoms with Crippen molar-refractivity contribution < 1.29 is 0 Å². The molecule has 0 aliphatic heterocycles. The Kier molecular flexibility index (Phi) is 8.22. The lowest BCUT2D eigenvalue weighted by Gasteiger charge is -2.28. The minimum atomic E-state index is 0.726. The number of aryl methyl sites for hydroxylation is 1. The van der Waals surface area contributed by atoms with Gasteiger partial charge in [0.25, 0.3) is 0 Å². The second-order valence-electron chi connectivity index (χ2n) is 10.5. The molecule has 1 nitrogen and oxygen atoms in total. The molecule has 2 aliphatic carbocycles. The Balaban J connectivity index is 1.26. The zero-order chi connectivity index (χ0) is 21.5. The monoisotopic (exact) mass is 417 g/mol. The fourth-order valence-corrected chi connectivity index (χ4v) is 6.15. The zero-order valence-corrected chi connectivity index (χ0v) is 20.0. The molecule has 0 atom stereocenters. The van der Waals surface area contributed by atoms with Crippen LogP contribution in [0.4, 0.5) is 0 Å². The molecule has 2 aromatic rings. The summed E-state index contributed by atoms with van der Waals surface area (Å²) in [4.78, 5) is 4.83. The van der Waals surface area contributed by atoms with Crippen LogP contribution in [0.1, 0.15) is 108 Å². The van der Waals surface area contributed by atoms with Crippen molar-refractivity contribution in [3.8, 4) is 11.3 Å². The van der Waals surface area contributed by atoms with Crippen LogP contribution in [0.25, 0.3) is 11.3 Å². The summed E-state index contributed by atoms with van der Waals surface area (Å²) in [7, 11) is 0. The Hall–Kier alpha value is -1.63. The molecular weight excluding hydrogens is 374 g/mol. The van der Waals surface area contributed by atoms with Crippen molar-refractivity contribution >= 4 is 0 Å². The van der Waals surface area contributed by atoms with Crippen LogP contribution in [0.3, 0.4) is 0 Å². The van der Waals surface area contributed by atoms with E-state index in [9.17, 15) is 0 Å². The van der Waals surface area contributed by atoms with Gasteiger partial charge in [0.2, 0.25) is 0 Å². The highest BCUT2D eigenvalue weighted by molar-refractivity contribution is 5.59. The molecule has 2 aliphatic rings. The largest absolute Gasteiger partial charge is 0.256 e. The summed E-state index contributed by atoms with van der Waals surface area (Å²) < 4.78 is 0. The first-order valence-electron chi connectivity index (χ1n) is 13.3. The van der Waals surface area contributed by atoms with Gasteiger partial charge in [-0.1, -0.05) is 89.1 Å². The molecule has 1 aromatic carbocycles. The van der Waals surface area contributed by atoms with Gasteiger partial charge in [0.1, 0.15) is 0 Å². The van der Waals surface area contributed by atoms with E-state index in [4.69, 9.17) is 4.98 Å². The van der Waals surface area contributed by atoms with Gasteiger partial charge in [-0.25, -0.2) is 0 Å². The summed E-state index contributed by atoms with van der Waals surface area (Å²) in [6.07, 6.45) is 20.2. The van der Waals surface area contributed by atoms with Crippen LogP contribution in [0.15, 0.2) is 42.6 Å². The van der Waals surface area contributed by atoms with E-state index in [2.05, 4.69) is 56.4 Å². The number of aromatic nitrogens is 1. The average Bonchev–Trinajstić information content (AvgIpc) is 2.84. The lowest BCUT2D eigenvalue weighted by atomic mass is 9.78. The first kappa shape index (κ1) is 22.6. The number of rotatable bonds is 8. The number of hydrogen-bond acceptors (Lipinski definition) is 1. The lowest BCUT2D eigenvalue weighted by Crippen LogP contribution is -2.15. The average molecular weight is 418 g/mol. The number of nitrogens with zero attached hydrogens (tertiary/aromatic N) is 1. The molecule has 0 bridgehead atoms. The summed E-state index contributed by atoms with van der Waals surface area (Å²) >= 11 is 0. The van der Waals surface area contributed by atoms with Gasteiger partial charge in [-0.15, -0.1) is 0 Å². The highest BCUT2D eigenvalue weighted by Crippen LogP contribution is 2.37. The van der Waals surface area contributed by atoms with Gasteiger partial charge in [-0.05, 0) is 79.4 Å². The Morgan fingerprint density at radius 2 is 1.35 bits per heavy atom. The SMILES string of the molecule is CCCC1CCC(CCc2ccc(-c3ccc(C4CCC(CC)CC4)cn3)cc2)CC1. The van der Waals surface area contributed by atoms with E-state index in [0.29, 0.717) is 0 Å². The van der Waals surface area contributed by atoms with E-state index < -0.39 is 0 Å². The molecule has 0 saturated heterocycles. The van der Waals surface area contributed by atoms with E-state index in [1.807, 2.05) is 0 Å². The van der Waals surface area contributed by atoms with Crippen LogP contribution < -0.4 is 0 Å². The molecule has 168 valence electrons. The third-order valence-corrected chi connectivity index (χ3v) is 8.44. The van der Waals surface area contributed by atoms with Crippen molar-refractivity contribution in [1.29, 1.82) is 0 Å². The van der Waals surface area contributed by atoms with E-state index in [1.54, 1.807) is 0 Å². The second kappa shape index (κ2) is 11.3. The summed E-state index contributed by atoms with van der Waals surface area (Å²) in [5.41, 5.74) is 5.31. The molecule has 1 heteroatoms. The second-order valence-corrected chi connectivity index (χ2v) is 10.5. The minimum Gasteiger partial charge on any atom is -0.256 e. The van der Waals surface area contributed by atoms with Crippen molar-refractivity contribution in [1.82, 2.24) is 4.98 Å². The van der Waals surface area contributed by atoms with Crippen molar-refractivity contribution in [2.24, 2.45) is 17.8 Å². The van der Waals surface area contributed by atoms with Gasteiger partial charge in [0.15, 0.2) is 0 Å². The van der Waals surface area contributed by atoms with Gasteiger partial charge in [-0.2, -0.15) is 0 Å². The maximum atomic E-state index is 4.83. The molecule has 2 saturated carbocycles. The van der Waals surface area contributed by atoms with E-state index >= 15 is 0 Å². The van der Waals surface area contributed by atoms with Crippen LogP contribution in [-0.2, 0) is 6.42 Å². The Labute approximate surface area is 191 Å². The normalized spacial score (nSPS) is 26.6. The molecular formula is C30H43N. The number of hydrogen-bond donors (Lipinski definition) is 0. The predicted molar refractivity (Wildman–Crippen MR) is 133 cm³/mol. The van der Waals surface area contributed by atoms with Gasteiger partial charge >= 0.3 is 0 Å². The predicted octanol–water partition coefficient (Wildman–Crippen LogP) is 8.97. The van der Waals surface area contributed by atoms with Crippen LogP contribution in [0, 0.1) is 17.8 Å². The third kappa shape index (κ3) is 6.21. The minimum absolute atomic E-state index is 0.726. The van der Waals surface area contributed by atoms with Gasteiger partial charge in [0, 0.05) is 11.8 Å². The Morgan fingerprint density at radius 3 is 1.94 bits per heavy atom. The van der Waals surface area contributed by atoms with E-state index in [-0.39, 0.29) is 0 Å². The number of benzene rings is 1. The van der Waals surface area contributed by atoms with Crippen LogP contribution in [-0.4, -0.2) is 4.98 Å². The maximum absolute atomic E-state index is 4.83. The molecule has 0 amide bonds. The Morgan fingerprint density at radius 1 is 0.710 bits per heavy atom. The summed E-state index contributed by atoms with van der Waals surface area (Å²) in [5, 5.41) is 0. The standard InChI is InChI=1S/C30H43N/c1-3-5-24-6-8-25(9-7-24)10-11-26-14-18-28(19-15-26)30-21-20-29(22-31-30)27-16-12-23(4-2)13-17-27/h14-15,18-25,27H,3-13,16-17H2,1-2H3. The van der Waals surface area contributed by atoms with Gasteiger partial charge in [-0.3, -0.25) is 4.98 Å². The van der Waals surface area contributed by atoms with Crippen LogP contribution in [0.2, 0.25) is 0 Å². The maximum Gasteiger partial charge on any atom is 0.0702 e. The fourth-order valence-electron chi connectivity index (χ4n) is 6.15. The first-order chi connectivity index (χ1) is 15.2. The van der Waals surface area contributed by atoms with E-state index in [1.165, 1.54) is 100 Å². The van der Waals surface area contributed by atoms with Gasteiger partial charge < -0.3 is 0 Å². The molecule has 2 fully saturated rings. The third-order valence-electron chi connectivity index (χ3n) is 8.44. The topological polar surface area (TPSA) is 12.9 Å². The molecule has 0 unspecified atom stereocenters. The smallest absolute Gasteiger partial charge is 0.0702 e. The summed E-state index contributed by atoms with van der Waals surface area (Å²) in [5.74, 6) is 3.65. The first-order valence-corrected chi connectivity index (χ1v) is 13.3. The highest BCUT2D eigenvalue weighted by atomic mass is 14.7. The van der Waals surface area contributed by atoms with Crippen molar-refractivity contribution in [2.75, 3.05) is 0 Å². The zero-order valence-electron chi connectivity index (χ0n) is 20.0. The van der Waals surface area contributed by atoms with Crippen molar-refractivity contribution in [2.45, 2.75) is 103 Å². The van der Waals surface area contributed by atoms with Crippen LogP contribution >= 0.6 is 0 Å². The summed E-state index contributed by atoms with van der Waals surface area (Å²) in [6, 6.07) is 13.8.